The molecule has 1 unspecified atom stereocenters. The van der Waals surface area contributed by atoms with E-state index in [-0.39, 0.29) is 6.04 Å². The summed E-state index contributed by atoms with van der Waals surface area (Å²) in [4.78, 5) is 9.08. The molecule has 2 aromatic rings. The Labute approximate surface area is 209 Å². The number of benzene rings is 2. The predicted octanol–water partition coefficient (Wildman–Crippen LogP) is 5.49. The maximum absolute atomic E-state index is 13.8. The van der Waals surface area contributed by atoms with Crippen LogP contribution in [0.25, 0.3) is 0 Å². The average molecular weight is 539 g/mol. The van der Waals surface area contributed by atoms with Crippen molar-refractivity contribution in [3.05, 3.63) is 63.6 Å². The lowest BCUT2D eigenvalue weighted by Crippen LogP contribution is -2.46. The van der Waals surface area contributed by atoms with Gasteiger partial charge < -0.3 is 9.80 Å². The first kappa shape index (κ1) is 25.5. The lowest BCUT2D eigenvalue weighted by atomic mass is 10.0. The number of hydrogen-bond acceptors (Lipinski definition) is 4. The molecule has 186 valence electrons. The van der Waals surface area contributed by atoms with Crippen molar-refractivity contribution in [3.8, 4) is 0 Å². The van der Waals surface area contributed by atoms with Gasteiger partial charge in [-0.3, -0.25) is 9.80 Å². The number of rotatable bonds is 5. The molecule has 0 saturated carbocycles. The van der Waals surface area contributed by atoms with Gasteiger partial charge in [-0.15, -0.1) is 0 Å². The molecule has 4 nitrogen and oxygen atoms in total. The van der Waals surface area contributed by atoms with Gasteiger partial charge >= 0.3 is 6.18 Å². The second-order valence-corrected chi connectivity index (χ2v) is 10.4. The molecule has 2 fully saturated rings. The van der Waals surface area contributed by atoms with Crippen molar-refractivity contribution in [1.82, 2.24) is 14.7 Å². The molecule has 0 amide bonds. The maximum Gasteiger partial charge on any atom is 0.416 e. The highest BCUT2D eigenvalue weighted by Crippen LogP contribution is 2.35. The second kappa shape index (κ2) is 11.0. The minimum atomic E-state index is -4.34. The third-order valence-electron chi connectivity index (χ3n) is 7.18. The average Bonchev–Trinajstić information content (AvgIpc) is 3.03. The lowest BCUT2D eigenvalue weighted by Gasteiger charge is -2.38. The molecule has 34 heavy (non-hydrogen) atoms. The van der Waals surface area contributed by atoms with Crippen LogP contribution in [-0.4, -0.2) is 74.1 Å². The molecule has 8 heteroatoms. The first-order valence-electron chi connectivity index (χ1n) is 12.1. The number of hydrogen-bond donors (Lipinski definition) is 0. The standard InChI is InChI=1S/C26H34BrF3N4/c1-20(21-4-6-23(27)7-5-21)33-16-13-32(14-17-33)19-22-18-24(8-9-25(22)26(28,29)30)34-11-3-10-31(2)12-15-34/h4-9,18,20H,3,10-17,19H2,1-2H3. The molecule has 0 aliphatic carbocycles. The number of likely N-dealkylation sites (N-methyl/N-ethyl adjacent to an activating group) is 1. The predicted molar refractivity (Wildman–Crippen MR) is 135 cm³/mol. The Hall–Kier alpha value is -1.61. The van der Waals surface area contributed by atoms with Crippen molar-refractivity contribution >= 4 is 21.6 Å². The van der Waals surface area contributed by atoms with E-state index >= 15 is 0 Å². The van der Waals surface area contributed by atoms with Crippen LogP contribution in [0.5, 0.6) is 0 Å². The third-order valence-corrected chi connectivity index (χ3v) is 7.71. The van der Waals surface area contributed by atoms with Crippen molar-refractivity contribution < 1.29 is 13.2 Å². The highest BCUT2D eigenvalue weighted by molar-refractivity contribution is 9.10. The molecule has 0 spiro atoms. The largest absolute Gasteiger partial charge is 0.416 e. The number of alkyl halides is 3. The van der Waals surface area contributed by atoms with Crippen molar-refractivity contribution in [2.24, 2.45) is 0 Å². The van der Waals surface area contributed by atoms with Gasteiger partial charge in [-0.1, -0.05) is 28.1 Å². The molecule has 0 radical (unpaired) electrons. The fourth-order valence-electron chi connectivity index (χ4n) is 4.99. The topological polar surface area (TPSA) is 13.0 Å². The molecular formula is C26H34BrF3N4. The highest BCUT2D eigenvalue weighted by atomic mass is 79.9. The molecule has 2 aromatic carbocycles. The Kier molecular flexibility index (Phi) is 8.23. The van der Waals surface area contributed by atoms with Gasteiger partial charge in [-0.2, -0.15) is 13.2 Å². The van der Waals surface area contributed by atoms with Crippen LogP contribution in [0, 0.1) is 0 Å². The summed E-state index contributed by atoms with van der Waals surface area (Å²) in [6.45, 7) is 9.40. The van der Waals surface area contributed by atoms with Gasteiger partial charge in [-0.05, 0) is 68.4 Å². The van der Waals surface area contributed by atoms with Crippen LogP contribution >= 0.6 is 15.9 Å². The fourth-order valence-corrected chi connectivity index (χ4v) is 5.26. The lowest BCUT2D eigenvalue weighted by molar-refractivity contribution is -0.138. The molecule has 4 rings (SSSR count). The van der Waals surface area contributed by atoms with E-state index in [4.69, 9.17) is 0 Å². The van der Waals surface area contributed by atoms with Gasteiger partial charge in [-0.25, -0.2) is 0 Å². The Morgan fingerprint density at radius 3 is 2.26 bits per heavy atom. The number of halogens is 4. The fraction of sp³-hybridized carbons (Fsp3) is 0.538. The van der Waals surface area contributed by atoms with Crippen LogP contribution in [0.1, 0.15) is 36.1 Å². The quantitative estimate of drug-likeness (QED) is 0.499. The van der Waals surface area contributed by atoms with Crippen molar-refractivity contribution in [3.63, 3.8) is 0 Å². The van der Waals surface area contributed by atoms with E-state index in [1.807, 2.05) is 0 Å². The van der Waals surface area contributed by atoms with Crippen LogP contribution in [-0.2, 0) is 12.7 Å². The summed E-state index contributed by atoms with van der Waals surface area (Å²) >= 11 is 3.48. The summed E-state index contributed by atoms with van der Waals surface area (Å²) in [6.07, 6.45) is -3.32. The molecule has 0 N–H and O–H groups in total. The van der Waals surface area contributed by atoms with Crippen molar-refractivity contribution in [1.29, 1.82) is 0 Å². The Morgan fingerprint density at radius 1 is 0.882 bits per heavy atom. The van der Waals surface area contributed by atoms with E-state index in [1.54, 1.807) is 12.1 Å². The summed E-state index contributed by atoms with van der Waals surface area (Å²) < 4.78 is 42.5. The first-order chi connectivity index (χ1) is 16.2. The van der Waals surface area contributed by atoms with Gasteiger partial charge in [0.1, 0.15) is 0 Å². The summed E-state index contributed by atoms with van der Waals surface area (Å²) in [5.41, 5.74) is 2.04. The minimum Gasteiger partial charge on any atom is -0.370 e. The van der Waals surface area contributed by atoms with E-state index in [0.717, 1.165) is 68.9 Å². The normalized spacial score (nSPS) is 20.4. The molecule has 1 atom stereocenters. The summed E-state index contributed by atoms with van der Waals surface area (Å²) in [7, 11) is 2.10. The van der Waals surface area contributed by atoms with Crippen molar-refractivity contribution in [2.75, 3.05) is 64.3 Å². The van der Waals surface area contributed by atoms with Crippen LogP contribution in [0.15, 0.2) is 46.9 Å². The van der Waals surface area contributed by atoms with E-state index in [2.05, 4.69) is 73.8 Å². The summed E-state index contributed by atoms with van der Waals surface area (Å²) in [5.74, 6) is 0. The number of piperazine rings is 1. The summed E-state index contributed by atoms with van der Waals surface area (Å²) in [6, 6.07) is 13.4. The second-order valence-electron chi connectivity index (χ2n) is 9.52. The van der Waals surface area contributed by atoms with Crippen LogP contribution in [0.2, 0.25) is 0 Å². The Morgan fingerprint density at radius 2 is 1.59 bits per heavy atom. The molecule has 2 aliphatic rings. The number of nitrogens with zero attached hydrogens (tertiary/aromatic N) is 4. The first-order valence-corrected chi connectivity index (χ1v) is 12.9. The van der Waals surface area contributed by atoms with Gasteiger partial charge in [0.25, 0.3) is 0 Å². The van der Waals surface area contributed by atoms with E-state index in [9.17, 15) is 13.2 Å². The Balaban J connectivity index is 1.44. The van der Waals surface area contributed by atoms with E-state index in [0.29, 0.717) is 12.1 Å². The monoisotopic (exact) mass is 538 g/mol. The van der Waals surface area contributed by atoms with Gasteiger partial charge in [0, 0.05) is 68.6 Å². The zero-order chi connectivity index (χ0) is 24.3. The highest BCUT2D eigenvalue weighted by Gasteiger charge is 2.34. The van der Waals surface area contributed by atoms with Crippen LogP contribution in [0.3, 0.4) is 0 Å². The van der Waals surface area contributed by atoms with Gasteiger partial charge in [0.05, 0.1) is 5.56 Å². The minimum absolute atomic E-state index is 0.283. The van der Waals surface area contributed by atoms with Crippen LogP contribution in [0.4, 0.5) is 18.9 Å². The molecule has 0 aromatic heterocycles. The zero-order valence-corrected chi connectivity index (χ0v) is 21.6. The van der Waals surface area contributed by atoms with Gasteiger partial charge in [0.2, 0.25) is 0 Å². The smallest absolute Gasteiger partial charge is 0.370 e. The molecule has 0 bridgehead atoms. The van der Waals surface area contributed by atoms with Gasteiger partial charge in [0.15, 0.2) is 0 Å². The third kappa shape index (κ3) is 6.33. The van der Waals surface area contributed by atoms with E-state index in [1.165, 1.54) is 11.6 Å². The summed E-state index contributed by atoms with van der Waals surface area (Å²) in [5, 5.41) is 0. The SMILES string of the molecule is CC(c1ccc(Br)cc1)N1CCN(Cc2cc(N3CCCN(C)CC3)ccc2C(F)(F)F)CC1. The zero-order valence-electron chi connectivity index (χ0n) is 20.0. The Bertz CT molecular complexity index is 942. The molecule has 2 heterocycles. The van der Waals surface area contributed by atoms with Crippen LogP contribution < -0.4 is 4.90 Å². The molecule has 2 saturated heterocycles. The maximum atomic E-state index is 13.8. The van der Waals surface area contributed by atoms with Crippen molar-refractivity contribution in [2.45, 2.75) is 32.1 Å². The number of anilines is 1. The van der Waals surface area contributed by atoms with E-state index < -0.39 is 11.7 Å². The molecule has 2 aliphatic heterocycles. The molecular weight excluding hydrogens is 505 g/mol.